The molecular weight excluding hydrogens is 344 g/mol. The number of likely N-dealkylation sites (tertiary alicyclic amines) is 1. The Balaban J connectivity index is 1.75. The summed E-state index contributed by atoms with van der Waals surface area (Å²) >= 11 is 0. The van der Waals surface area contributed by atoms with E-state index >= 15 is 0 Å². The van der Waals surface area contributed by atoms with Crippen molar-refractivity contribution in [3.8, 4) is 5.75 Å². The number of ether oxygens (including phenoxy) is 1. The standard InChI is InChI=1S/C20H28N4O3/c21-17(22)15-9-11-20(12-10-15,18(25)27-16-7-3-1-4-8-16)23-19(26)24-13-5-2-6-14-24/h1,3-4,7-8,15H,2,5-6,9-14H2,(H3,21,22)(H,23,26). The second kappa shape index (κ2) is 8.41. The van der Waals surface area contributed by atoms with Gasteiger partial charge in [-0.3, -0.25) is 5.41 Å². The minimum atomic E-state index is -1.07. The van der Waals surface area contributed by atoms with E-state index in [0.29, 0.717) is 44.5 Å². The van der Waals surface area contributed by atoms with Gasteiger partial charge < -0.3 is 20.7 Å². The van der Waals surface area contributed by atoms with Crippen LogP contribution in [0, 0.1) is 11.3 Å². The number of nitrogens with zero attached hydrogens (tertiary/aromatic N) is 1. The van der Waals surface area contributed by atoms with Crippen LogP contribution >= 0.6 is 0 Å². The SMILES string of the molecule is N=C(N)C1CCC(NC(=O)N2CCCCC2)(C(=O)Oc2ccccc2)CC1. The molecule has 7 heteroatoms. The van der Waals surface area contributed by atoms with Crippen molar-refractivity contribution < 1.29 is 14.3 Å². The highest BCUT2D eigenvalue weighted by Crippen LogP contribution is 2.34. The molecule has 1 aromatic carbocycles. The average Bonchev–Trinajstić information content (AvgIpc) is 2.69. The van der Waals surface area contributed by atoms with E-state index < -0.39 is 11.5 Å². The van der Waals surface area contributed by atoms with Crippen LogP contribution in [0.15, 0.2) is 30.3 Å². The number of carbonyl (C=O) groups is 2. The van der Waals surface area contributed by atoms with Crippen molar-refractivity contribution in [2.45, 2.75) is 50.5 Å². The van der Waals surface area contributed by atoms with Gasteiger partial charge in [0, 0.05) is 19.0 Å². The van der Waals surface area contributed by atoms with Gasteiger partial charge in [-0.25, -0.2) is 9.59 Å². The fourth-order valence-corrected chi connectivity index (χ4v) is 3.88. The Morgan fingerprint density at radius 3 is 2.33 bits per heavy atom. The van der Waals surface area contributed by atoms with Gasteiger partial charge in [0.15, 0.2) is 0 Å². The predicted molar refractivity (Wildman–Crippen MR) is 103 cm³/mol. The molecular formula is C20H28N4O3. The molecule has 0 spiro atoms. The van der Waals surface area contributed by atoms with E-state index in [2.05, 4.69) is 5.32 Å². The number of esters is 1. The number of rotatable bonds is 4. The highest BCUT2D eigenvalue weighted by Gasteiger charge is 2.46. The molecule has 2 amide bonds. The molecule has 2 aliphatic rings. The van der Waals surface area contributed by atoms with Gasteiger partial charge in [-0.15, -0.1) is 0 Å². The van der Waals surface area contributed by atoms with Gasteiger partial charge in [-0.05, 0) is 57.1 Å². The topological polar surface area (TPSA) is 109 Å². The van der Waals surface area contributed by atoms with Crippen LogP contribution in [0.4, 0.5) is 4.79 Å². The lowest BCUT2D eigenvalue weighted by molar-refractivity contribution is -0.143. The summed E-state index contributed by atoms with van der Waals surface area (Å²) in [7, 11) is 0. The third kappa shape index (κ3) is 4.59. The van der Waals surface area contributed by atoms with Gasteiger partial charge in [-0.1, -0.05) is 18.2 Å². The smallest absolute Gasteiger partial charge is 0.337 e. The zero-order chi connectivity index (χ0) is 19.3. The van der Waals surface area contributed by atoms with Gasteiger partial charge in [0.1, 0.15) is 11.3 Å². The zero-order valence-corrected chi connectivity index (χ0v) is 15.6. The van der Waals surface area contributed by atoms with Crippen molar-refractivity contribution in [2.24, 2.45) is 11.7 Å². The molecule has 4 N–H and O–H groups in total. The summed E-state index contributed by atoms with van der Waals surface area (Å²) in [5.41, 5.74) is 4.57. The van der Waals surface area contributed by atoms with Gasteiger partial charge in [-0.2, -0.15) is 0 Å². The summed E-state index contributed by atoms with van der Waals surface area (Å²) in [6.45, 7) is 1.43. The number of carbonyl (C=O) groups excluding carboxylic acids is 2. The minimum absolute atomic E-state index is 0.0467. The highest BCUT2D eigenvalue weighted by atomic mass is 16.5. The maximum absolute atomic E-state index is 13.0. The molecule has 2 fully saturated rings. The van der Waals surface area contributed by atoms with E-state index in [4.69, 9.17) is 15.9 Å². The lowest BCUT2D eigenvalue weighted by Gasteiger charge is -2.40. The molecule has 1 saturated carbocycles. The second-order valence-corrected chi connectivity index (χ2v) is 7.49. The van der Waals surface area contributed by atoms with E-state index in [9.17, 15) is 9.59 Å². The molecule has 1 aliphatic heterocycles. The molecule has 1 aromatic rings. The van der Waals surface area contributed by atoms with Crippen LogP contribution in [0.25, 0.3) is 0 Å². The number of hydrogen-bond acceptors (Lipinski definition) is 4. The molecule has 0 aromatic heterocycles. The summed E-state index contributed by atoms with van der Waals surface area (Å²) < 4.78 is 5.58. The van der Waals surface area contributed by atoms with Crippen molar-refractivity contribution in [1.29, 1.82) is 5.41 Å². The minimum Gasteiger partial charge on any atom is -0.425 e. The van der Waals surface area contributed by atoms with E-state index in [0.717, 1.165) is 19.3 Å². The van der Waals surface area contributed by atoms with Crippen molar-refractivity contribution in [2.75, 3.05) is 13.1 Å². The Kier molecular flexibility index (Phi) is 5.98. The van der Waals surface area contributed by atoms with E-state index in [-0.39, 0.29) is 17.8 Å². The number of amidine groups is 1. The molecule has 0 unspecified atom stereocenters. The summed E-state index contributed by atoms with van der Waals surface area (Å²) in [6.07, 6.45) is 5.11. The van der Waals surface area contributed by atoms with Crippen LogP contribution in [0.5, 0.6) is 5.75 Å². The highest BCUT2D eigenvalue weighted by molar-refractivity contribution is 5.89. The number of hydrogen-bond donors (Lipinski definition) is 3. The number of benzene rings is 1. The van der Waals surface area contributed by atoms with Gasteiger partial charge in [0.2, 0.25) is 0 Å². The van der Waals surface area contributed by atoms with Gasteiger partial charge in [0.25, 0.3) is 0 Å². The largest absolute Gasteiger partial charge is 0.425 e. The fraction of sp³-hybridized carbons (Fsp3) is 0.550. The molecule has 27 heavy (non-hydrogen) atoms. The number of piperidine rings is 1. The summed E-state index contributed by atoms with van der Waals surface area (Å²) in [5, 5.41) is 10.7. The van der Waals surface area contributed by atoms with Crippen molar-refractivity contribution in [3.05, 3.63) is 30.3 Å². The average molecular weight is 372 g/mol. The van der Waals surface area contributed by atoms with Crippen LogP contribution in [0.1, 0.15) is 44.9 Å². The monoisotopic (exact) mass is 372 g/mol. The Bertz CT molecular complexity index is 678. The molecule has 7 nitrogen and oxygen atoms in total. The normalized spacial score (nSPS) is 25.5. The zero-order valence-electron chi connectivity index (χ0n) is 15.6. The van der Waals surface area contributed by atoms with Crippen LogP contribution < -0.4 is 15.8 Å². The summed E-state index contributed by atoms with van der Waals surface area (Å²) in [5.74, 6) is 0.112. The summed E-state index contributed by atoms with van der Waals surface area (Å²) in [4.78, 5) is 27.6. The Morgan fingerprint density at radius 2 is 1.74 bits per heavy atom. The quantitative estimate of drug-likeness (QED) is 0.327. The first-order valence-corrected chi connectivity index (χ1v) is 9.68. The molecule has 1 heterocycles. The molecule has 0 radical (unpaired) electrons. The van der Waals surface area contributed by atoms with Crippen molar-refractivity contribution in [1.82, 2.24) is 10.2 Å². The Hall–Kier alpha value is -2.57. The molecule has 146 valence electrons. The number of para-hydroxylation sites is 1. The fourth-order valence-electron chi connectivity index (χ4n) is 3.88. The lowest BCUT2D eigenvalue weighted by Crippen LogP contribution is -2.61. The predicted octanol–water partition coefficient (Wildman–Crippen LogP) is 2.65. The molecule has 1 aliphatic carbocycles. The van der Waals surface area contributed by atoms with Crippen LogP contribution in [0.3, 0.4) is 0 Å². The molecule has 0 atom stereocenters. The maximum Gasteiger partial charge on any atom is 0.337 e. The Morgan fingerprint density at radius 1 is 1.11 bits per heavy atom. The van der Waals surface area contributed by atoms with E-state index in [1.54, 1.807) is 29.2 Å². The van der Waals surface area contributed by atoms with Crippen molar-refractivity contribution >= 4 is 17.8 Å². The third-order valence-corrected chi connectivity index (χ3v) is 5.61. The van der Waals surface area contributed by atoms with Crippen molar-refractivity contribution in [3.63, 3.8) is 0 Å². The first kappa shape index (κ1) is 19.2. The number of nitrogens with two attached hydrogens (primary N) is 1. The second-order valence-electron chi connectivity index (χ2n) is 7.49. The first-order chi connectivity index (χ1) is 13.0. The number of amides is 2. The van der Waals surface area contributed by atoms with Crippen LogP contribution in [-0.4, -0.2) is 41.4 Å². The molecule has 0 bridgehead atoms. The first-order valence-electron chi connectivity index (χ1n) is 9.68. The maximum atomic E-state index is 13.0. The number of urea groups is 1. The van der Waals surface area contributed by atoms with Gasteiger partial charge in [0.05, 0.1) is 5.84 Å². The van der Waals surface area contributed by atoms with E-state index in [1.165, 1.54) is 0 Å². The third-order valence-electron chi connectivity index (χ3n) is 5.61. The van der Waals surface area contributed by atoms with Gasteiger partial charge >= 0.3 is 12.0 Å². The van der Waals surface area contributed by atoms with Crippen LogP contribution in [0.2, 0.25) is 0 Å². The molecule has 1 saturated heterocycles. The molecule has 3 rings (SSSR count). The van der Waals surface area contributed by atoms with E-state index in [1.807, 2.05) is 6.07 Å². The summed E-state index contributed by atoms with van der Waals surface area (Å²) in [6, 6.07) is 8.69. The number of nitrogens with one attached hydrogen (secondary N) is 2. The Labute approximate surface area is 159 Å². The lowest BCUT2D eigenvalue weighted by atomic mass is 9.76. The van der Waals surface area contributed by atoms with Crippen LogP contribution in [-0.2, 0) is 4.79 Å².